The molecule has 0 N–H and O–H groups in total. The van der Waals surface area contributed by atoms with Crippen molar-refractivity contribution in [3.8, 4) is 5.75 Å². The van der Waals surface area contributed by atoms with Crippen molar-refractivity contribution in [3.05, 3.63) is 88.4 Å². The van der Waals surface area contributed by atoms with E-state index in [-0.39, 0.29) is 47.1 Å². The summed E-state index contributed by atoms with van der Waals surface area (Å²) in [5, 5.41) is 11.2. The molecule has 2 fully saturated rings. The number of nitro groups is 1. The fourth-order valence-corrected chi connectivity index (χ4v) is 7.14. The molecule has 12 heteroatoms. The van der Waals surface area contributed by atoms with Crippen LogP contribution in [0.15, 0.2) is 71.8 Å². The van der Waals surface area contributed by atoms with Crippen LogP contribution in [0.5, 0.6) is 5.75 Å². The number of aromatic nitrogens is 1. The Morgan fingerprint density at radius 3 is 2.51 bits per heavy atom. The lowest BCUT2D eigenvalue weighted by atomic mass is 9.88. The van der Waals surface area contributed by atoms with Crippen LogP contribution in [0.2, 0.25) is 0 Å². The molecular weight excluding hydrogens is 525 g/mol. The molecule has 0 bridgehead atoms. The van der Waals surface area contributed by atoms with Crippen LogP contribution in [0.1, 0.15) is 11.5 Å². The number of non-ortho nitro benzene ring substituents is 1. The van der Waals surface area contributed by atoms with Gasteiger partial charge in [-0.1, -0.05) is 18.2 Å². The van der Waals surface area contributed by atoms with Gasteiger partial charge in [0.25, 0.3) is 5.69 Å². The summed E-state index contributed by atoms with van der Waals surface area (Å²) >= 11 is 0. The summed E-state index contributed by atoms with van der Waals surface area (Å²) in [6, 6.07) is 15.7. The maximum atomic E-state index is 14.2. The summed E-state index contributed by atoms with van der Waals surface area (Å²) in [5.74, 6) is 0.194. The number of ether oxygens (including phenoxy) is 1. The van der Waals surface area contributed by atoms with Gasteiger partial charge in [0.15, 0.2) is 0 Å². The number of rotatable bonds is 8. The van der Waals surface area contributed by atoms with Gasteiger partial charge >= 0.3 is 0 Å². The minimum absolute atomic E-state index is 0.0768. The quantitative estimate of drug-likeness (QED) is 0.308. The van der Waals surface area contributed by atoms with Crippen LogP contribution >= 0.6 is 0 Å². The van der Waals surface area contributed by atoms with E-state index in [4.69, 9.17) is 4.74 Å². The van der Waals surface area contributed by atoms with Gasteiger partial charge in [0.05, 0.1) is 18.1 Å². The van der Waals surface area contributed by atoms with Crippen molar-refractivity contribution < 1.29 is 22.5 Å². The second-order valence-corrected chi connectivity index (χ2v) is 11.7. The number of methoxy groups -OCH3 is 1. The molecule has 0 radical (unpaired) electrons. The van der Waals surface area contributed by atoms with Crippen LogP contribution in [0, 0.1) is 21.8 Å². The van der Waals surface area contributed by atoms with Gasteiger partial charge in [-0.15, -0.1) is 0 Å². The van der Waals surface area contributed by atoms with Gasteiger partial charge in [0.1, 0.15) is 22.3 Å². The number of nitrogens with zero attached hydrogens (tertiary/aromatic N) is 5. The number of pyridine rings is 1. The van der Waals surface area contributed by atoms with Crippen LogP contribution in [-0.4, -0.2) is 80.5 Å². The Morgan fingerprint density at radius 2 is 1.85 bits per heavy atom. The van der Waals surface area contributed by atoms with Crippen LogP contribution in [0.25, 0.3) is 0 Å². The first-order chi connectivity index (χ1) is 18.8. The van der Waals surface area contributed by atoms with E-state index >= 15 is 0 Å². The van der Waals surface area contributed by atoms with E-state index in [0.29, 0.717) is 6.54 Å². The summed E-state index contributed by atoms with van der Waals surface area (Å²) < 4.78 is 48.3. The molecule has 2 atom stereocenters. The van der Waals surface area contributed by atoms with Crippen LogP contribution < -0.4 is 9.64 Å². The van der Waals surface area contributed by atoms with Gasteiger partial charge in [-0.2, -0.15) is 4.31 Å². The van der Waals surface area contributed by atoms with Crippen molar-refractivity contribution >= 4 is 21.5 Å². The van der Waals surface area contributed by atoms with Crippen molar-refractivity contribution in [2.45, 2.75) is 10.8 Å². The highest BCUT2D eigenvalue weighted by atomic mass is 32.2. The lowest BCUT2D eigenvalue weighted by Crippen LogP contribution is -2.48. The summed E-state index contributed by atoms with van der Waals surface area (Å²) in [6.07, 6.45) is 1.78. The minimum Gasteiger partial charge on any atom is -0.495 e. The van der Waals surface area contributed by atoms with E-state index in [0.717, 1.165) is 49.7 Å². The third-order valence-electron chi connectivity index (χ3n) is 7.50. The summed E-state index contributed by atoms with van der Waals surface area (Å²) in [7, 11) is -2.75. The van der Waals surface area contributed by atoms with Gasteiger partial charge < -0.3 is 9.64 Å². The summed E-state index contributed by atoms with van der Waals surface area (Å²) in [6.45, 7) is 4.26. The molecule has 3 heterocycles. The lowest BCUT2D eigenvalue weighted by molar-refractivity contribution is -0.385. The smallest absolute Gasteiger partial charge is 0.273 e. The molecule has 0 unspecified atom stereocenters. The molecule has 0 saturated carbocycles. The number of piperazine rings is 1. The number of hydrogen-bond donors (Lipinski definition) is 0. The van der Waals surface area contributed by atoms with Crippen molar-refractivity contribution in [3.63, 3.8) is 0 Å². The predicted molar refractivity (Wildman–Crippen MR) is 144 cm³/mol. The third kappa shape index (κ3) is 5.72. The minimum atomic E-state index is -4.04. The Labute approximate surface area is 226 Å². The third-order valence-corrected chi connectivity index (χ3v) is 9.37. The first-order valence-corrected chi connectivity index (χ1v) is 14.2. The van der Waals surface area contributed by atoms with Gasteiger partial charge in [-0.25, -0.2) is 17.8 Å². The zero-order chi connectivity index (χ0) is 27.6. The number of sulfonamides is 1. The SMILES string of the molecule is COc1cc([N+](=O)[O-])ccc1S(=O)(=O)N1C[C@@H](CN2CCN(c3ccccn3)CC2)[C@@H](c2cccc(F)c2)C1. The fourth-order valence-electron chi connectivity index (χ4n) is 5.48. The largest absolute Gasteiger partial charge is 0.495 e. The van der Waals surface area contributed by atoms with Crippen molar-refractivity contribution in [2.24, 2.45) is 5.92 Å². The Morgan fingerprint density at radius 1 is 1.05 bits per heavy atom. The molecule has 3 aromatic rings. The Hall–Kier alpha value is -3.61. The lowest BCUT2D eigenvalue weighted by Gasteiger charge is -2.37. The van der Waals surface area contributed by atoms with E-state index in [1.807, 2.05) is 24.3 Å². The molecule has 2 aliphatic rings. The second kappa shape index (κ2) is 11.2. The predicted octanol–water partition coefficient (Wildman–Crippen LogP) is 3.36. The number of hydrogen-bond acceptors (Lipinski definition) is 8. The van der Waals surface area contributed by atoms with Crippen LogP contribution in [-0.2, 0) is 10.0 Å². The Bertz CT molecular complexity index is 1430. The average molecular weight is 556 g/mol. The Balaban J connectivity index is 1.37. The average Bonchev–Trinajstić information content (AvgIpc) is 3.38. The highest BCUT2D eigenvalue weighted by molar-refractivity contribution is 7.89. The maximum Gasteiger partial charge on any atom is 0.273 e. The topological polar surface area (TPSA) is 109 Å². The molecule has 2 aliphatic heterocycles. The number of nitro benzene ring substituents is 1. The molecule has 206 valence electrons. The number of benzene rings is 2. The zero-order valence-electron chi connectivity index (χ0n) is 21.5. The highest BCUT2D eigenvalue weighted by Gasteiger charge is 2.42. The fraction of sp³-hybridized carbons (Fsp3) is 0.370. The standard InChI is InChI=1S/C27H30FN5O5S/c1-38-25-16-23(33(34)35)8-9-26(25)39(36,37)32-18-21(24(19-32)20-5-4-6-22(28)15-20)17-30-11-13-31(14-12-30)27-7-2-3-10-29-27/h2-10,15-16,21,24H,11-14,17-19H2,1H3/t21-,24-/m1/s1. The Kier molecular flexibility index (Phi) is 7.78. The van der Waals surface area contributed by atoms with Crippen LogP contribution in [0.4, 0.5) is 15.9 Å². The highest BCUT2D eigenvalue weighted by Crippen LogP contribution is 2.39. The van der Waals surface area contributed by atoms with Crippen molar-refractivity contribution in [2.75, 3.05) is 57.8 Å². The second-order valence-electron chi connectivity index (χ2n) is 9.81. The van der Waals surface area contributed by atoms with E-state index in [2.05, 4.69) is 14.8 Å². The molecule has 0 amide bonds. The first-order valence-electron chi connectivity index (χ1n) is 12.7. The van der Waals surface area contributed by atoms with E-state index in [9.17, 15) is 22.9 Å². The van der Waals surface area contributed by atoms with Gasteiger partial charge in [0.2, 0.25) is 10.0 Å². The molecule has 0 spiro atoms. The molecule has 5 rings (SSSR count). The van der Waals surface area contributed by atoms with Crippen molar-refractivity contribution in [1.29, 1.82) is 0 Å². The molecule has 1 aromatic heterocycles. The zero-order valence-corrected chi connectivity index (χ0v) is 22.3. The van der Waals surface area contributed by atoms with Crippen LogP contribution in [0.3, 0.4) is 0 Å². The summed E-state index contributed by atoms with van der Waals surface area (Å²) in [5.41, 5.74) is 0.494. The monoisotopic (exact) mass is 555 g/mol. The van der Waals surface area contributed by atoms with Crippen molar-refractivity contribution in [1.82, 2.24) is 14.2 Å². The van der Waals surface area contributed by atoms with Gasteiger partial charge in [-0.05, 0) is 41.8 Å². The van der Waals surface area contributed by atoms with Gasteiger partial charge in [-0.3, -0.25) is 15.0 Å². The van der Waals surface area contributed by atoms with E-state index < -0.39 is 14.9 Å². The summed E-state index contributed by atoms with van der Waals surface area (Å²) in [4.78, 5) is 19.5. The maximum absolute atomic E-state index is 14.2. The van der Waals surface area contributed by atoms with Gasteiger partial charge in [0, 0.05) is 64.0 Å². The molecular formula is C27H30FN5O5S. The normalized spacial score (nSPS) is 20.7. The first kappa shape index (κ1) is 27.0. The number of anilines is 1. The molecule has 2 aromatic carbocycles. The molecule has 2 saturated heterocycles. The van der Waals surface area contributed by atoms with E-state index in [1.165, 1.54) is 29.6 Å². The molecule has 39 heavy (non-hydrogen) atoms. The number of halogens is 1. The molecule has 10 nitrogen and oxygen atoms in total. The molecule has 0 aliphatic carbocycles. The van der Waals surface area contributed by atoms with E-state index in [1.54, 1.807) is 12.3 Å².